The molecule has 0 aliphatic heterocycles. The molecule has 9 aromatic carbocycles. The largest absolute Gasteiger partial charge is 0.247 e. The molecule has 0 aliphatic rings. The van der Waals surface area contributed by atoms with E-state index in [1.165, 1.54) is 32.7 Å². The molecule has 0 saturated heterocycles. The molecule has 0 fully saturated rings. The summed E-state index contributed by atoms with van der Waals surface area (Å²) < 4.78 is 0. The fourth-order valence-corrected chi connectivity index (χ4v) is 8.62. The Morgan fingerprint density at radius 2 is 0.574 bits per heavy atom. The van der Waals surface area contributed by atoms with E-state index in [4.69, 9.17) is 9.97 Å². The SMILES string of the molecule is c1ccc(-c2c3ccccc3cc3ccc(-c4c5ccccc5c(-c5ccc6cc7ccccc7c(-c7ccccc7)c6n5)c5ccccc45)nc23)cc1. The topological polar surface area (TPSA) is 25.8 Å². The van der Waals surface area contributed by atoms with Crippen molar-refractivity contribution < 1.29 is 0 Å². The summed E-state index contributed by atoms with van der Waals surface area (Å²) in [6.07, 6.45) is 0. The number of rotatable bonds is 4. The monoisotopic (exact) mass is 684 g/mol. The molecule has 0 atom stereocenters. The van der Waals surface area contributed by atoms with Crippen molar-refractivity contribution in [2.75, 3.05) is 0 Å². The summed E-state index contributed by atoms with van der Waals surface area (Å²) in [5.74, 6) is 0. The molecular weight excluding hydrogens is 653 g/mol. The van der Waals surface area contributed by atoms with Crippen LogP contribution >= 0.6 is 0 Å². The Morgan fingerprint density at radius 3 is 0.963 bits per heavy atom. The summed E-state index contributed by atoms with van der Waals surface area (Å²) in [7, 11) is 0. The lowest BCUT2D eigenvalue weighted by molar-refractivity contribution is 1.41. The van der Waals surface area contributed by atoms with Crippen LogP contribution in [0.15, 0.2) is 194 Å². The Bertz CT molecular complexity index is 2980. The molecule has 0 N–H and O–H groups in total. The molecule has 2 nitrogen and oxygen atoms in total. The standard InChI is InChI=1S/C52H32N2/c1-3-15-33(16-4-1)47-39-21-9-7-19-35(39)31-37-27-29-45(53-51(37)47)49-41-23-11-13-25-43(41)50(44-26-14-12-24-42(44)49)46-30-28-38-32-36-20-8-10-22-40(36)48(52(38)54-46)34-17-5-2-6-18-34/h1-32H. The zero-order chi connectivity index (χ0) is 35.6. The summed E-state index contributed by atoms with van der Waals surface area (Å²) in [5, 5.41) is 11.7. The molecule has 0 aliphatic carbocycles. The Morgan fingerprint density at radius 1 is 0.241 bits per heavy atom. The van der Waals surface area contributed by atoms with Crippen LogP contribution in [0.1, 0.15) is 0 Å². The van der Waals surface area contributed by atoms with Crippen LogP contribution in [0.3, 0.4) is 0 Å². The quantitative estimate of drug-likeness (QED) is 0.172. The maximum atomic E-state index is 5.57. The van der Waals surface area contributed by atoms with Crippen molar-refractivity contribution in [1.82, 2.24) is 9.97 Å². The van der Waals surface area contributed by atoms with Crippen LogP contribution < -0.4 is 0 Å². The number of nitrogens with zero attached hydrogens (tertiary/aromatic N) is 2. The molecule has 250 valence electrons. The number of pyridine rings is 2. The molecule has 0 bridgehead atoms. The molecule has 11 rings (SSSR count). The maximum absolute atomic E-state index is 5.57. The van der Waals surface area contributed by atoms with E-state index in [1.54, 1.807) is 0 Å². The highest BCUT2D eigenvalue weighted by atomic mass is 14.7. The second-order valence-corrected chi connectivity index (χ2v) is 14.1. The lowest BCUT2D eigenvalue weighted by Gasteiger charge is -2.18. The van der Waals surface area contributed by atoms with Gasteiger partial charge in [0.05, 0.1) is 22.4 Å². The number of hydrogen-bond donors (Lipinski definition) is 0. The Kier molecular flexibility index (Phi) is 6.90. The Balaban J connectivity index is 1.20. The van der Waals surface area contributed by atoms with Gasteiger partial charge in [-0.05, 0) is 78.5 Å². The first-order valence-corrected chi connectivity index (χ1v) is 18.5. The van der Waals surface area contributed by atoms with Crippen LogP contribution in [-0.4, -0.2) is 9.97 Å². The van der Waals surface area contributed by atoms with Crippen LogP contribution in [0, 0.1) is 0 Å². The van der Waals surface area contributed by atoms with E-state index in [-0.39, 0.29) is 0 Å². The predicted octanol–water partition coefficient (Wildman–Crippen LogP) is 14.1. The zero-order valence-electron chi connectivity index (χ0n) is 29.4. The highest BCUT2D eigenvalue weighted by Crippen LogP contribution is 2.45. The smallest absolute Gasteiger partial charge is 0.0794 e. The summed E-state index contributed by atoms with van der Waals surface area (Å²) in [6, 6.07) is 69.6. The van der Waals surface area contributed by atoms with Crippen molar-refractivity contribution in [1.29, 1.82) is 0 Å². The van der Waals surface area contributed by atoms with Crippen LogP contribution in [0.2, 0.25) is 0 Å². The van der Waals surface area contributed by atoms with Crippen molar-refractivity contribution in [2.24, 2.45) is 0 Å². The predicted molar refractivity (Wildman–Crippen MR) is 229 cm³/mol. The second kappa shape index (κ2) is 12.2. The Hall–Kier alpha value is -7.16. The van der Waals surface area contributed by atoms with Crippen molar-refractivity contribution in [3.8, 4) is 44.8 Å². The van der Waals surface area contributed by atoms with Gasteiger partial charge < -0.3 is 0 Å². The molecule has 11 aromatic rings. The first-order chi connectivity index (χ1) is 26.8. The average molecular weight is 685 g/mol. The zero-order valence-corrected chi connectivity index (χ0v) is 29.4. The van der Waals surface area contributed by atoms with Gasteiger partial charge in [0.15, 0.2) is 0 Å². The lowest BCUT2D eigenvalue weighted by Crippen LogP contribution is -1.96. The van der Waals surface area contributed by atoms with E-state index in [0.29, 0.717) is 0 Å². The van der Waals surface area contributed by atoms with Gasteiger partial charge in [-0.15, -0.1) is 0 Å². The molecule has 0 saturated carbocycles. The molecule has 0 unspecified atom stereocenters. The van der Waals surface area contributed by atoms with Gasteiger partial charge in [-0.25, -0.2) is 9.97 Å². The number of aromatic nitrogens is 2. The van der Waals surface area contributed by atoms with Crippen LogP contribution in [0.5, 0.6) is 0 Å². The van der Waals surface area contributed by atoms with Crippen LogP contribution in [0.25, 0.3) is 110 Å². The normalized spacial score (nSPS) is 11.7. The van der Waals surface area contributed by atoms with Gasteiger partial charge in [-0.1, -0.05) is 170 Å². The maximum Gasteiger partial charge on any atom is 0.0794 e. The molecular formula is C52H32N2. The van der Waals surface area contributed by atoms with Crippen LogP contribution in [0.4, 0.5) is 0 Å². The second-order valence-electron chi connectivity index (χ2n) is 14.1. The fourth-order valence-electron chi connectivity index (χ4n) is 8.62. The fraction of sp³-hybridized carbons (Fsp3) is 0. The van der Waals surface area contributed by atoms with Gasteiger partial charge in [0.1, 0.15) is 0 Å². The third kappa shape index (κ3) is 4.74. The van der Waals surface area contributed by atoms with E-state index in [2.05, 4.69) is 194 Å². The van der Waals surface area contributed by atoms with Gasteiger partial charge in [0, 0.05) is 33.0 Å². The van der Waals surface area contributed by atoms with E-state index in [9.17, 15) is 0 Å². The van der Waals surface area contributed by atoms with Crippen molar-refractivity contribution in [3.63, 3.8) is 0 Å². The molecule has 0 amide bonds. The van der Waals surface area contributed by atoms with E-state index in [1.807, 2.05) is 0 Å². The number of hydrogen-bond acceptors (Lipinski definition) is 2. The van der Waals surface area contributed by atoms with Gasteiger partial charge >= 0.3 is 0 Å². The van der Waals surface area contributed by atoms with Crippen molar-refractivity contribution >= 4 is 64.9 Å². The third-order valence-corrected chi connectivity index (χ3v) is 11.0. The highest BCUT2D eigenvalue weighted by molar-refractivity contribution is 6.22. The van der Waals surface area contributed by atoms with E-state index < -0.39 is 0 Å². The minimum Gasteiger partial charge on any atom is -0.247 e. The number of fused-ring (bicyclic) bond motifs is 6. The van der Waals surface area contributed by atoms with Gasteiger partial charge in [0.25, 0.3) is 0 Å². The third-order valence-electron chi connectivity index (χ3n) is 11.0. The molecule has 2 aromatic heterocycles. The average Bonchev–Trinajstić information content (AvgIpc) is 3.24. The van der Waals surface area contributed by atoms with E-state index in [0.717, 1.165) is 77.0 Å². The lowest BCUT2D eigenvalue weighted by atomic mass is 9.88. The summed E-state index contributed by atoms with van der Waals surface area (Å²) >= 11 is 0. The van der Waals surface area contributed by atoms with Gasteiger partial charge in [-0.2, -0.15) is 0 Å². The molecule has 2 heterocycles. The first-order valence-electron chi connectivity index (χ1n) is 18.5. The molecule has 2 heteroatoms. The number of benzene rings is 9. The molecule has 0 radical (unpaired) electrons. The minimum atomic E-state index is 0.957. The van der Waals surface area contributed by atoms with Crippen molar-refractivity contribution in [2.45, 2.75) is 0 Å². The Labute approximate surface area is 312 Å². The minimum absolute atomic E-state index is 0.957. The van der Waals surface area contributed by atoms with E-state index >= 15 is 0 Å². The summed E-state index contributed by atoms with van der Waals surface area (Å²) in [6.45, 7) is 0. The van der Waals surface area contributed by atoms with Gasteiger partial charge in [-0.3, -0.25) is 0 Å². The van der Waals surface area contributed by atoms with Crippen LogP contribution in [-0.2, 0) is 0 Å². The molecule has 54 heavy (non-hydrogen) atoms. The van der Waals surface area contributed by atoms with Gasteiger partial charge in [0.2, 0.25) is 0 Å². The first kappa shape index (κ1) is 30.5. The highest BCUT2D eigenvalue weighted by Gasteiger charge is 2.21. The summed E-state index contributed by atoms with van der Waals surface area (Å²) in [5.41, 5.74) is 10.9. The van der Waals surface area contributed by atoms with Crippen molar-refractivity contribution in [3.05, 3.63) is 194 Å². The molecule has 0 spiro atoms. The summed E-state index contributed by atoms with van der Waals surface area (Å²) in [4.78, 5) is 11.1.